The lowest BCUT2D eigenvalue weighted by Crippen LogP contribution is -2.02. The minimum atomic E-state index is -0.799. The molecule has 0 aliphatic rings. The molecule has 110 valence electrons. The van der Waals surface area contributed by atoms with E-state index >= 15 is 0 Å². The molecule has 1 N–H and O–H groups in total. The summed E-state index contributed by atoms with van der Waals surface area (Å²) in [5.41, 5.74) is -1.14. The second-order valence-corrected chi connectivity index (χ2v) is 4.53. The average Bonchev–Trinajstić information content (AvgIpc) is 2.49. The molecule has 0 spiro atoms. The number of benzene rings is 2. The molecule has 0 saturated carbocycles. The lowest BCUT2D eigenvalue weighted by molar-refractivity contribution is -0.393. The fourth-order valence-corrected chi connectivity index (χ4v) is 1.96. The normalized spacial score (nSPS) is 9.82. The van der Waals surface area contributed by atoms with Crippen LogP contribution in [0.25, 0.3) is 0 Å². The summed E-state index contributed by atoms with van der Waals surface area (Å²) in [7, 11) is 0. The molecule has 0 aliphatic heterocycles. The van der Waals surface area contributed by atoms with E-state index in [1.54, 1.807) is 30.3 Å². The van der Waals surface area contributed by atoms with Gasteiger partial charge in [-0.3, -0.25) is 20.2 Å². The SMILES string of the molecule is N#Cc1cc([N+](=O)[O-])cc([N+](=O)[O-])c1Nc1ccccc1Cl. The molecule has 0 heterocycles. The smallest absolute Gasteiger partial charge is 0.300 e. The quantitative estimate of drug-likeness (QED) is 0.676. The highest BCUT2D eigenvalue weighted by Crippen LogP contribution is 2.36. The molecule has 2 aromatic rings. The Labute approximate surface area is 128 Å². The molecule has 2 rings (SSSR count). The number of anilines is 2. The molecule has 0 aliphatic carbocycles. The van der Waals surface area contributed by atoms with E-state index in [-0.39, 0.29) is 11.3 Å². The van der Waals surface area contributed by atoms with Crippen LogP contribution in [0.2, 0.25) is 5.02 Å². The van der Waals surface area contributed by atoms with Crippen LogP contribution in [0.1, 0.15) is 5.56 Å². The summed E-state index contributed by atoms with van der Waals surface area (Å²) in [4.78, 5) is 20.3. The Kier molecular flexibility index (Phi) is 4.20. The fraction of sp³-hybridized carbons (Fsp3) is 0. The number of hydrogen-bond acceptors (Lipinski definition) is 6. The van der Waals surface area contributed by atoms with E-state index in [4.69, 9.17) is 16.9 Å². The van der Waals surface area contributed by atoms with Gasteiger partial charge < -0.3 is 5.32 Å². The second kappa shape index (κ2) is 6.07. The van der Waals surface area contributed by atoms with Gasteiger partial charge in [-0.05, 0) is 12.1 Å². The van der Waals surface area contributed by atoms with Crippen molar-refractivity contribution in [3.63, 3.8) is 0 Å². The highest BCUT2D eigenvalue weighted by molar-refractivity contribution is 6.33. The van der Waals surface area contributed by atoms with E-state index < -0.39 is 21.2 Å². The minimum absolute atomic E-state index is 0.147. The lowest BCUT2D eigenvalue weighted by Gasteiger charge is -2.10. The standard InChI is InChI=1S/C13H7ClN4O4/c14-10-3-1-2-4-11(10)16-13-8(7-15)5-9(17(19)20)6-12(13)18(21)22/h1-6,16H. The van der Waals surface area contributed by atoms with Crippen LogP contribution in [0.4, 0.5) is 22.7 Å². The molecule has 0 aromatic heterocycles. The summed E-state index contributed by atoms with van der Waals surface area (Å²) in [5, 5.41) is 34.0. The van der Waals surface area contributed by atoms with Crippen LogP contribution in [0.3, 0.4) is 0 Å². The van der Waals surface area contributed by atoms with Gasteiger partial charge in [0, 0.05) is 6.07 Å². The third kappa shape index (κ3) is 2.94. The van der Waals surface area contributed by atoms with Crippen molar-refractivity contribution < 1.29 is 9.85 Å². The van der Waals surface area contributed by atoms with Crippen molar-refractivity contribution in [1.29, 1.82) is 5.26 Å². The Morgan fingerprint density at radius 3 is 2.36 bits per heavy atom. The summed E-state index contributed by atoms with van der Waals surface area (Å²) in [5.74, 6) is 0. The molecule has 0 atom stereocenters. The molecule has 0 amide bonds. The number of rotatable bonds is 4. The van der Waals surface area contributed by atoms with Crippen LogP contribution in [0.5, 0.6) is 0 Å². The molecule has 0 saturated heterocycles. The molecule has 0 bridgehead atoms. The van der Waals surface area contributed by atoms with Crippen LogP contribution in [-0.4, -0.2) is 9.85 Å². The predicted octanol–water partition coefficient (Wildman–Crippen LogP) is 3.77. The topological polar surface area (TPSA) is 122 Å². The van der Waals surface area contributed by atoms with Crippen molar-refractivity contribution in [1.82, 2.24) is 0 Å². The molecule has 9 heteroatoms. The van der Waals surface area contributed by atoms with Crippen LogP contribution < -0.4 is 5.32 Å². The van der Waals surface area contributed by atoms with Gasteiger partial charge in [-0.25, -0.2) is 0 Å². The number of para-hydroxylation sites is 1. The summed E-state index contributed by atoms with van der Waals surface area (Å²) in [6.45, 7) is 0. The Bertz CT molecular complexity index is 816. The van der Waals surface area contributed by atoms with E-state index in [2.05, 4.69) is 5.32 Å². The van der Waals surface area contributed by atoms with Crippen LogP contribution in [-0.2, 0) is 0 Å². The van der Waals surface area contributed by atoms with Gasteiger partial charge in [0.1, 0.15) is 11.8 Å². The highest BCUT2D eigenvalue weighted by atomic mass is 35.5. The lowest BCUT2D eigenvalue weighted by atomic mass is 10.1. The number of nitrogens with one attached hydrogen (secondary N) is 1. The number of hydrogen-bond donors (Lipinski definition) is 1. The summed E-state index contributed by atoms with van der Waals surface area (Å²) >= 11 is 5.96. The van der Waals surface area contributed by atoms with Gasteiger partial charge in [-0.1, -0.05) is 23.7 Å². The second-order valence-electron chi connectivity index (χ2n) is 4.12. The number of halogens is 1. The largest absolute Gasteiger partial charge is 0.348 e. The zero-order valence-corrected chi connectivity index (χ0v) is 11.6. The van der Waals surface area contributed by atoms with Crippen molar-refractivity contribution in [3.05, 3.63) is 67.2 Å². The first kappa shape index (κ1) is 15.2. The predicted molar refractivity (Wildman–Crippen MR) is 79.2 cm³/mol. The Balaban J connectivity index is 2.64. The first-order chi connectivity index (χ1) is 10.4. The van der Waals surface area contributed by atoms with E-state index in [1.807, 2.05) is 0 Å². The maximum atomic E-state index is 11.1. The zero-order chi connectivity index (χ0) is 16.3. The maximum Gasteiger partial charge on any atom is 0.300 e. The zero-order valence-electron chi connectivity index (χ0n) is 10.8. The Morgan fingerprint density at radius 2 is 1.82 bits per heavy atom. The number of non-ortho nitro benzene ring substituents is 1. The van der Waals surface area contributed by atoms with Crippen LogP contribution >= 0.6 is 11.6 Å². The van der Waals surface area contributed by atoms with Crippen molar-refractivity contribution in [2.75, 3.05) is 5.32 Å². The van der Waals surface area contributed by atoms with E-state index in [0.29, 0.717) is 10.7 Å². The Morgan fingerprint density at radius 1 is 1.14 bits per heavy atom. The van der Waals surface area contributed by atoms with Crippen molar-refractivity contribution in [2.45, 2.75) is 0 Å². The van der Waals surface area contributed by atoms with E-state index in [1.165, 1.54) is 0 Å². The van der Waals surface area contributed by atoms with Gasteiger partial charge >= 0.3 is 5.69 Å². The van der Waals surface area contributed by atoms with Gasteiger partial charge in [-0.2, -0.15) is 5.26 Å². The van der Waals surface area contributed by atoms with Crippen molar-refractivity contribution in [3.8, 4) is 6.07 Å². The third-order valence-corrected chi connectivity index (χ3v) is 3.09. The average molecular weight is 319 g/mol. The van der Waals surface area contributed by atoms with Gasteiger partial charge in [0.15, 0.2) is 0 Å². The van der Waals surface area contributed by atoms with Crippen LogP contribution in [0.15, 0.2) is 36.4 Å². The molecule has 0 fully saturated rings. The molecule has 0 unspecified atom stereocenters. The number of nitrogens with zero attached hydrogens (tertiary/aromatic N) is 3. The first-order valence-electron chi connectivity index (χ1n) is 5.82. The van der Waals surface area contributed by atoms with Gasteiger partial charge in [0.2, 0.25) is 0 Å². The molecular formula is C13H7ClN4O4. The van der Waals surface area contributed by atoms with Gasteiger partial charge in [0.05, 0.1) is 32.2 Å². The number of nitro groups is 2. The molecule has 0 radical (unpaired) electrons. The first-order valence-corrected chi connectivity index (χ1v) is 6.20. The maximum absolute atomic E-state index is 11.1. The Hall–Kier alpha value is -3.18. The van der Waals surface area contributed by atoms with Crippen molar-refractivity contribution >= 4 is 34.4 Å². The van der Waals surface area contributed by atoms with Gasteiger partial charge in [0.25, 0.3) is 5.69 Å². The van der Waals surface area contributed by atoms with Crippen molar-refractivity contribution in [2.24, 2.45) is 0 Å². The molecular weight excluding hydrogens is 312 g/mol. The molecule has 22 heavy (non-hydrogen) atoms. The van der Waals surface area contributed by atoms with E-state index in [9.17, 15) is 20.2 Å². The van der Waals surface area contributed by atoms with Crippen LogP contribution in [0, 0.1) is 31.6 Å². The summed E-state index contributed by atoms with van der Waals surface area (Å²) < 4.78 is 0. The fourth-order valence-electron chi connectivity index (χ4n) is 1.78. The van der Waals surface area contributed by atoms with Gasteiger partial charge in [-0.15, -0.1) is 0 Å². The summed E-state index contributed by atoms with van der Waals surface area (Å²) in [6, 6.07) is 9.91. The number of nitriles is 1. The van der Waals surface area contributed by atoms with E-state index in [0.717, 1.165) is 12.1 Å². The number of nitro benzene ring substituents is 2. The minimum Gasteiger partial charge on any atom is -0.348 e. The monoisotopic (exact) mass is 318 g/mol. The third-order valence-electron chi connectivity index (χ3n) is 2.76. The molecule has 8 nitrogen and oxygen atoms in total. The summed E-state index contributed by atoms with van der Waals surface area (Å²) in [6.07, 6.45) is 0. The molecule has 2 aromatic carbocycles. The highest BCUT2D eigenvalue weighted by Gasteiger charge is 2.24.